The van der Waals surface area contributed by atoms with Gasteiger partial charge in [-0.15, -0.1) is 0 Å². The Labute approximate surface area is 83.9 Å². The molecule has 0 bridgehead atoms. The van der Waals surface area contributed by atoms with E-state index in [9.17, 15) is 4.39 Å². The van der Waals surface area contributed by atoms with Crippen LogP contribution in [0, 0.1) is 11.7 Å². The third-order valence-corrected chi connectivity index (χ3v) is 1.94. The second-order valence-electron chi connectivity index (χ2n) is 3.71. The van der Waals surface area contributed by atoms with Crippen molar-refractivity contribution in [2.75, 3.05) is 12.3 Å². The van der Waals surface area contributed by atoms with Gasteiger partial charge in [-0.2, -0.15) is 0 Å². The third-order valence-electron chi connectivity index (χ3n) is 1.94. The second-order valence-corrected chi connectivity index (χ2v) is 3.71. The number of nitrogen functional groups attached to an aromatic ring is 1. The van der Waals surface area contributed by atoms with E-state index in [0.29, 0.717) is 18.3 Å². The Morgan fingerprint density at radius 2 is 2.14 bits per heavy atom. The van der Waals surface area contributed by atoms with Crippen LogP contribution in [0.15, 0.2) is 18.2 Å². The summed E-state index contributed by atoms with van der Waals surface area (Å²) in [6.45, 7) is 4.85. The standard InChI is InChI=1S/C11H16FNO/c1-8(2)5-6-14-9-3-4-11(13)10(12)7-9/h3-4,7-8H,5-6,13H2,1-2H3. The molecule has 0 unspecified atom stereocenters. The molecule has 0 saturated heterocycles. The number of anilines is 1. The normalized spacial score (nSPS) is 10.6. The molecule has 0 aliphatic heterocycles. The molecule has 0 aliphatic carbocycles. The highest BCUT2D eigenvalue weighted by Gasteiger charge is 2.01. The van der Waals surface area contributed by atoms with Crippen LogP contribution in [0.2, 0.25) is 0 Å². The van der Waals surface area contributed by atoms with E-state index < -0.39 is 5.82 Å². The molecule has 0 aliphatic rings. The first-order valence-corrected chi connectivity index (χ1v) is 4.77. The van der Waals surface area contributed by atoms with Crippen LogP contribution in [-0.2, 0) is 0 Å². The summed E-state index contributed by atoms with van der Waals surface area (Å²) < 4.78 is 18.3. The Bertz CT molecular complexity index is 299. The maximum Gasteiger partial charge on any atom is 0.149 e. The van der Waals surface area contributed by atoms with Crippen LogP contribution in [0.5, 0.6) is 5.75 Å². The van der Waals surface area contributed by atoms with Crippen LogP contribution < -0.4 is 10.5 Å². The van der Waals surface area contributed by atoms with Gasteiger partial charge in [-0.05, 0) is 24.5 Å². The number of ether oxygens (including phenoxy) is 1. The van der Waals surface area contributed by atoms with Gasteiger partial charge in [0.2, 0.25) is 0 Å². The first-order chi connectivity index (χ1) is 6.59. The van der Waals surface area contributed by atoms with Gasteiger partial charge in [0.05, 0.1) is 12.3 Å². The Kier molecular flexibility index (Phi) is 3.74. The van der Waals surface area contributed by atoms with Crippen LogP contribution in [0.3, 0.4) is 0 Å². The van der Waals surface area contributed by atoms with Crippen molar-refractivity contribution in [3.63, 3.8) is 0 Å². The fourth-order valence-electron chi connectivity index (χ4n) is 1.01. The Balaban J connectivity index is 2.47. The second kappa shape index (κ2) is 4.84. The molecule has 0 heterocycles. The minimum Gasteiger partial charge on any atom is -0.493 e. The number of hydrogen-bond acceptors (Lipinski definition) is 2. The molecule has 0 amide bonds. The van der Waals surface area contributed by atoms with Gasteiger partial charge in [0, 0.05) is 6.07 Å². The number of halogens is 1. The highest BCUT2D eigenvalue weighted by atomic mass is 19.1. The van der Waals surface area contributed by atoms with Crippen molar-refractivity contribution in [3.8, 4) is 5.75 Å². The summed E-state index contributed by atoms with van der Waals surface area (Å²) in [6, 6.07) is 4.51. The molecule has 14 heavy (non-hydrogen) atoms. The molecule has 0 radical (unpaired) electrons. The predicted octanol–water partition coefficient (Wildman–Crippen LogP) is 2.83. The van der Waals surface area contributed by atoms with E-state index >= 15 is 0 Å². The summed E-state index contributed by atoms with van der Waals surface area (Å²) in [5.74, 6) is 0.707. The van der Waals surface area contributed by atoms with Crippen molar-refractivity contribution in [1.29, 1.82) is 0 Å². The molecule has 1 aromatic rings. The van der Waals surface area contributed by atoms with Gasteiger partial charge in [0.25, 0.3) is 0 Å². The largest absolute Gasteiger partial charge is 0.493 e. The van der Waals surface area contributed by atoms with Crippen molar-refractivity contribution in [1.82, 2.24) is 0 Å². The zero-order valence-corrected chi connectivity index (χ0v) is 8.59. The van der Waals surface area contributed by atoms with Gasteiger partial charge in [0.15, 0.2) is 0 Å². The summed E-state index contributed by atoms with van der Waals surface area (Å²) in [4.78, 5) is 0. The lowest BCUT2D eigenvalue weighted by atomic mass is 10.1. The summed E-state index contributed by atoms with van der Waals surface area (Å²) >= 11 is 0. The van der Waals surface area contributed by atoms with Crippen LogP contribution in [-0.4, -0.2) is 6.61 Å². The van der Waals surface area contributed by atoms with Gasteiger partial charge >= 0.3 is 0 Å². The highest BCUT2D eigenvalue weighted by molar-refractivity contribution is 5.43. The fourth-order valence-corrected chi connectivity index (χ4v) is 1.01. The number of hydrogen-bond donors (Lipinski definition) is 1. The van der Waals surface area contributed by atoms with E-state index in [4.69, 9.17) is 10.5 Å². The first-order valence-electron chi connectivity index (χ1n) is 4.77. The SMILES string of the molecule is CC(C)CCOc1ccc(N)c(F)c1. The van der Waals surface area contributed by atoms with E-state index in [-0.39, 0.29) is 5.69 Å². The van der Waals surface area contributed by atoms with E-state index in [0.717, 1.165) is 6.42 Å². The van der Waals surface area contributed by atoms with Crippen molar-refractivity contribution in [2.45, 2.75) is 20.3 Å². The molecular weight excluding hydrogens is 181 g/mol. The molecule has 2 nitrogen and oxygen atoms in total. The topological polar surface area (TPSA) is 35.2 Å². The lowest BCUT2D eigenvalue weighted by Gasteiger charge is -2.08. The van der Waals surface area contributed by atoms with Gasteiger partial charge in [-0.25, -0.2) is 4.39 Å². The first kappa shape index (κ1) is 10.8. The van der Waals surface area contributed by atoms with Crippen LogP contribution >= 0.6 is 0 Å². The van der Waals surface area contributed by atoms with Crippen LogP contribution in [0.1, 0.15) is 20.3 Å². The molecule has 0 aromatic heterocycles. The maximum atomic E-state index is 13.0. The minimum atomic E-state index is -0.424. The van der Waals surface area contributed by atoms with Crippen molar-refractivity contribution in [3.05, 3.63) is 24.0 Å². The predicted molar refractivity (Wildman–Crippen MR) is 55.8 cm³/mol. The van der Waals surface area contributed by atoms with E-state index in [1.54, 1.807) is 6.07 Å². The Morgan fingerprint density at radius 1 is 1.43 bits per heavy atom. The van der Waals surface area contributed by atoms with Crippen molar-refractivity contribution in [2.24, 2.45) is 5.92 Å². The van der Waals surface area contributed by atoms with Crippen molar-refractivity contribution < 1.29 is 9.13 Å². The molecule has 0 saturated carbocycles. The van der Waals surface area contributed by atoms with E-state index in [2.05, 4.69) is 13.8 Å². The van der Waals surface area contributed by atoms with Crippen LogP contribution in [0.25, 0.3) is 0 Å². The van der Waals surface area contributed by atoms with Crippen LogP contribution in [0.4, 0.5) is 10.1 Å². The molecule has 0 spiro atoms. The summed E-state index contributed by atoms with van der Waals surface area (Å²) in [7, 11) is 0. The van der Waals surface area contributed by atoms with Gasteiger partial charge in [0.1, 0.15) is 11.6 Å². The molecule has 2 N–H and O–H groups in total. The lowest BCUT2D eigenvalue weighted by molar-refractivity contribution is 0.288. The van der Waals surface area contributed by atoms with E-state index in [1.165, 1.54) is 12.1 Å². The molecule has 1 rings (SSSR count). The average molecular weight is 197 g/mol. The zero-order valence-electron chi connectivity index (χ0n) is 8.59. The third kappa shape index (κ3) is 3.24. The molecule has 0 atom stereocenters. The summed E-state index contributed by atoms with van der Waals surface area (Å²) in [5.41, 5.74) is 5.49. The number of rotatable bonds is 4. The molecular formula is C11H16FNO. The quantitative estimate of drug-likeness (QED) is 0.753. The summed E-state index contributed by atoms with van der Waals surface area (Å²) in [6.07, 6.45) is 0.964. The Morgan fingerprint density at radius 3 is 2.71 bits per heavy atom. The summed E-state index contributed by atoms with van der Waals surface area (Å²) in [5, 5.41) is 0. The molecule has 3 heteroatoms. The maximum absolute atomic E-state index is 13.0. The zero-order chi connectivity index (χ0) is 10.6. The minimum absolute atomic E-state index is 0.154. The smallest absolute Gasteiger partial charge is 0.149 e. The van der Waals surface area contributed by atoms with Crippen molar-refractivity contribution >= 4 is 5.69 Å². The van der Waals surface area contributed by atoms with E-state index in [1.807, 2.05) is 0 Å². The van der Waals surface area contributed by atoms with Gasteiger partial charge in [-0.3, -0.25) is 0 Å². The number of benzene rings is 1. The average Bonchev–Trinajstić information content (AvgIpc) is 2.10. The molecule has 1 aromatic carbocycles. The number of nitrogens with two attached hydrogens (primary N) is 1. The molecule has 78 valence electrons. The fraction of sp³-hybridized carbons (Fsp3) is 0.455. The highest BCUT2D eigenvalue weighted by Crippen LogP contribution is 2.18. The Hall–Kier alpha value is -1.25. The van der Waals surface area contributed by atoms with Gasteiger partial charge in [-0.1, -0.05) is 13.8 Å². The molecule has 0 fully saturated rings. The van der Waals surface area contributed by atoms with Gasteiger partial charge < -0.3 is 10.5 Å². The lowest BCUT2D eigenvalue weighted by Crippen LogP contribution is -2.02. The monoisotopic (exact) mass is 197 g/mol.